The number of carbonyl (C=O) groups is 1. The fourth-order valence-electron chi connectivity index (χ4n) is 3.94. The molecule has 4 rings (SSSR count). The summed E-state index contributed by atoms with van der Waals surface area (Å²) in [6.45, 7) is 6.11. The quantitative estimate of drug-likeness (QED) is 0.208. The number of halogens is 2. The molecule has 7 heteroatoms. The molecule has 0 fully saturated rings. The third-order valence-corrected chi connectivity index (χ3v) is 6.39. The highest BCUT2D eigenvalue weighted by atomic mass is 35.5. The van der Waals surface area contributed by atoms with E-state index in [-0.39, 0.29) is 11.4 Å². The Balaban J connectivity index is 1.51. The standard InChI is InChI=1S/C30H25ClFN3O2/c1-19-4-9-26(16-29(19)31)34-30(36)24(17-33)15-23-14-20(2)35(21(23)3)27-10-12-28(13-11-27)37-18-22-5-7-25(32)8-6-22/h4-16H,18H2,1-3H3,(H,34,36)/b24-15-. The molecule has 5 nitrogen and oxygen atoms in total. The second-order valence-corrected chi connectivity index (χ2v) is 9.07. The maximum Gasteiger partial charge on any atom is 0.266 e. The van der Waals surface area contributed by atoms with Gasteiger partial charge in [-0.15, -0.1) is 0 Å². The number of anilines is 1. The number of rotatable bonds is 7. The number of benzene rings is 3. The molecular weight excluding hydrogens is 489 g/mol. The number of hydrogen-bond donors (Lipinski definition) is 1. The van der Waals surface area contributed by atoms with Gasteiger partial charge in [0.05, 0.1) is 0 Å². The number of hydrogen-bond acceptors (Lipinski definition) is 3. The van der Waals surface area contributed by atoms with E-state index in [4.69, 9.17) is 16.3 Å². The van der Waals surface area contributed by atoms with E-state index < -0.39 is 5.91 Å². The topological polar surface area (TPSA) is 67.0 Å². The molecule has 4 aromatic rings. The number of nitrogens with one attached hydrogen (secondary N) is 1. The van der Waals surface area contributed by atoms with Crippen LogP contribution in [0.5, 0.6) is 5.75 Å². The van der Waals surface area contributed by atoms with Gasteiger partial charge >= 0.3 is 0 Å². The lowest BCUT2D eigenvalue weighted by atomic mass is 10.1. The monoisotopic (exact) mass is 513 g/mol. The highest BCUT2D eigenvalue weighted by Gasteiger charge is 2.14. The fourth-order valence-corrected chi connectivity index (χ4v) is 4.12. The van der Waals surface area contributed by atoms with Gasteiger partial charge in [0.25, 0.3) is 5.91 Å². The van der Waals surface area contributed by atoms with Gasteiger partial charge in [0.15, 0.2) is 0 Å². The van der Waals surface area contributed by atoms with E-state index in [1.165, 1.54) is 12.1 Å². The van der Waals surface area contributed by atoms with Crippen LogP contribution >= 0.6 is 11.6 Å². The molecule has 37 heavy (non-hydrogen) atoms. The summed E-state index contributed by atoms with van der Waals surface area (Å²) in [4.78, 5) is 12.8. The average Bonchev–Trinajstić information content (AvgIpc) is 3.17. The molecule has 1 heterocycles. The van der Waals surface area contributed by atoms with Crippen molar-refractivity contribution >= 4 is 29.3 Å². The minimum absolute atomic E-state index is 0.0125. The maximum atomic E-state index is 13.1. The molecule has 0 aliphatic rings. The summed E-state index contributed by atoms with van der Waals surface area (Å²) in [5.74, 6) is -0.0938. The summed E-state index contributed by atoms with van der Waals surface area (Å²) in [5, 5.41) is 12.9. The largest absolute Gasteiger partial charge is 0.489 e. The van der Waals surface area contributed by atoms with Gasteiger partial charge in [0.1, 0.15) is 29.8 Å². The maximum absolute atomic E-state index is 13.1. The minimum Gasteiger partial charge on any atom is -0.489 e. The summed E-state index contributed by atoms with van der Waals surface area (Å²) in [7, 11) is 0. The molecule has 0 atom stereocenters. The van der Waals surface area contributed by atoms with Gasteiger partial charge in [-0.05, 0) is 98.1 Å². The Labute approximate surface area is 220 Å². The zero-order chi connectivity index (χ0) is 26.5. The van der Waals surface area contributed by atoms with Crippen LogP contribution < -0.4 is 10.1 Å². The Morgan fingerprint density at radius 2 is 1.76 bits per heavy atom. The summed E-state index contributed by atoms with van der Waals surface area (Å²) in [6, 6.07) is 22.9. The first-order valence-electron chi connectivity index (χ1n) is 11.6. The Bertz CT molecular complexity index is 1510. The summed E-state index contributed by atoms with van der Waals surface area (Å²) in [6.07, 6.45) is 1.59. The molecule has 186 valence electrons. The van der Waals surface area contributed by atoms with Crippen molar-refractivity contribution in [2.75, 3.05) is 5.32 Å². The molecule has 0 aliphatic heterocycles. The van der Waals surface area contributed by atoms with Crippen LogP contribution in [0.3, 0.4) is 0 Å². The van der Waals surface area contributed by atoms with E-state index in [1.54, 1.807) is 36.4 Å². The number of aromatic nitrogens is 1. The molecule has 0 saturated heterocycles. The zero-order valence-corrected chi connectivity index (χ0v) is 21.4. The molecule has 0 aliphatic carbocycles. The van der Waals surface area contributed by atoms with Gasteiger partial charge in [0.2, 0.25) is 0 Å². The van der Waals surface area contributed by atoms with E-state index in [1.807, 2.05) is 61.7 Å². The summed E-state index contributed by atoms with van der Waals surface area (Å²) in [5.41, 5.74) is 5.81. The van der Waals surface area contributed by atoms with Crippen LogP contribution in [0.4, 0.5) is 10.1 Å². The van der Waals surface area contributed by atoms with Crippen molar-refractivity contribution in [2.45, 2.75) is 27.4 Å². The lowest BCUT2D eigenvalue weighted by Gasteiger charge is -2.12. The van der Waals surface area contributed by atoms with E-state index >= 15 is 0 Å². The van der Waals surface area contributed by atoms with Crippen molar-refractivity contribution in [3.8, 4) is 17.5 Å². The Morgan fingerprint density at radius 3 is 2.41 bits per heavy atom. The first-order valence-corrected chi connectivity index (χ1v) is 12.0. The lowest BCUT2D eigenvalue weighted by Crippen LogP contribution is -2.13. The van der Waals surface area contributed by atoms with E-state index in [0.29, 0.717) is 23.1 Å². The smallest absolute Gasteiger partial charge is 0.266 e. The van der Waals surface area contributed by atoms with Crippen molar-refractivity contribution in [3.05, 3.63) is 117 Å². The van der Waals surface area contributed by atoms with Gasteiger partial charge in [-0.3, -0.25) is 4.79 Å². The first kappa shape index (κ1) is 25.7. The van der Waals surface area contributed by atoms with Crippen LogP contribution in [0, 0.1) is 37.9 Å². The molecule has 0 spiro atoms. The molecule has 0 bridgehead atoms. The van der Waals surface area contributed by atoms with Crippen molar-refractivity contribution in [2.24, 2.45) is 0 Å². The Hall–Kier alpha value is -4.34. The number of aryl methyl sites for hydroxylation is 2. The van der Waals surface area contributed by atoms with Crippen LogP contribution in [0.25, 0.3) is 11.8 Å². The average molecular weight is 514 g/mol. The molecule has 1 N–H and O–H groups in total. The fraction of sp³-hybridized carbons (Fsp3) is 0.133. The lowest BCUT2D eigenvalue weighted by molar-refractivity contribution is -0.112. The van der Waals surface area contributed by atoms with E-state index in [2.05, 4.69) is 5.32 Å². The molecule has 0 radical (unpaired) electrons. The molecule has 0 saturated carbocycles. The molecular formula is C30H25ClFN3O2. The number of carbonyl (C=O) groups excluding carboxylic acids is 1. The van der Waals surface area contributed by atoms with Gasteiger partial charge in [-0.1, -0.05) is 29.8 Å². The highest BCUT2D eigenvalue weighted by Crippen LogP contribution is 2.25. The number of amides is 1. The SMILES string of the molecule is Cc1ccc(NC(=O)/C(C#N)=C\c2cc(C)n(-c3ccc(OCc4ccc(F)cc4)cc3)c2C)cc1Cl. The normalized spacial score (nSPS) is 11.2. The molecule has 1 aromatic heterocycles. The predicted octanol–water partition coefficient (Wildman–Crippen LogP) is 7.32. The second-order valence-electron chi connectivity index (χ2n) is 8.66. The molecule has 0 unspecified atom stereocenters. The summed E-state index contributed by atoms with van der Waals surface area (Å²) >= 11 is 6.15. The predicted molar refractivity (Wildman–Crippen MR) is 144 cm³/mol. The van der Waals surface area contributed by atoms with Crippen LogP contribution in [0.15, 0.2) is 78.4 Å². The minimum atomic E-state index is -0.505. The van der Waals surface area contributed by atoms with Crippen molar-refractivity contribution in [1.29, 1.82) is 5.26 Å². The third kappa shape index (κ3) is 6.08. The van der Waals surface area contributed by atoms with Gasteiger partial charge in [-0.2, -0.15) is 5.26 Å². The first-order chi connectivity index (χ1) is 17.7. The van der Waals surface area contributed by atoms with Crippen LogP contribution in [0.1, 0.15) is 28.1 Å². The van der Waals surface area contributed by atoms with Gasteiger partial charge in [-0.25, -0.2) is 4.39 Å². The van der Waals surface area contributed by atoms with Gasteiger partial charge in [0, 0.05) is 27.8 Å². The zero-order valence-electron chi connectivity index (χ0n) is 20.7. The van der Waals surface area contributed by atoms with E-state index in [0.717, 1.165) is 33.8 Å². The van der Waals surface area contributed by atoms with Crippen LogP contribution in [-0.2, 0) is 11.4 Å². The number of nitrogens with zero attached hydrogens (tertiary/aromatic N) is 2. The van der Waals surface area contributed by atoms with Crippen molar-refractivity contribution in [3.63, 3.8) is 0 Å². The summed E-state index contributed by atoms with van der Waals surface area (Å²) < 4.78 is 20.9. The second kappa shape index (κ2) is 11.2. The molecule has 1 amide bonds. The van der Waals surface area contributed by atoms with E-state index in [9.17, 15) is 14.4 Å². The van der Waals surface area contributed by atoms with Crippen molar-refractivity contribution < 1.29 is 13.9 Å². The Morgan fingerprint density at radius 1 is 1.05 bits per heavy atom. The van der Waals surface area contributed by atoms with Crippen LogP contribution in [0.2, 0.25) is 5.02 Å². The van der Waals surface area contributed by atoms with Crippen LogP contribution in [-0.4, -0.2) is 10.5 Å². The highest BCUT2D eigenvalue weighted by molar-refractivity contribution is 6.31. The molecule has 3 aromatic carbocycles. The third-order valence-electron chi connectivity index (χ3n) is 5.98. The number of ether oxygens (including phenoxy) is 1. The Kier molecular flexibility index (Phi) is 7.76. The van der Waals surface area contributed by atoms with Gasteiger partial charge < -0.3 is 14.6 Å². The number of nitriles is 1. The van der Waals surface area contributed by atoms with Crippen molar-refractivity contribution in [1.82, 2.24) is 4.57 Å².